The summed E-state index contributed by atoms with van der Waals surface area (Å²) in [6, 6.07) is 7.09. The first-order valence-electron chi connectivity index (χ1n) is 9.18. The maximum Gasteiger partial charge on any atom is 0.169 e. The summed E-state index contributed by atoms with van der Waals surface area (Å²) < 4.78 is 18.9. The molecule has 1 N–H and O–H groups in total. The molecule has 2 rings (SSSR count). The molecule has 1 fully saturated rings. The molecular weight excluding hydrogens is 337 g/mol. The summed E-state index contributed by atoms with van der Waals surface area (Å²) in [4.78, 5) is 4.58. The highest BCUT2D eigenvalue weighted by molar-refractivity contribution is 7.80. The molecule has 0 aliphatic carbocycles. The van der Waals surface area contributed by atoms with Gasteiger partial charge in [0.05, 0.1) is 13.2 Å². The van der Waals surface area contributed by atoms with Gasteiger partial charge in [-0.3, -0.25) is 4.90 Å². The maximum absolute atomic E-state index is 13.5. The van der Waals surface area contributed by atoms with Crippen molar-refractivity contribution in [2.45, 2.75) is 39.3 Å². The number of hydrogen-bond acceptors (Lipinski definition) is 3. The summed E-state index contributed by atoms with van der Waals surface area (Å²) in [6.07, 6.45) is 2.04. The summed E-state index contributed by atoms with van der Waals surface area (Å²) in [5.74, 6) is -0.202. The van der Waals surface area contributed by atoms with Crippen LogP contribution in [0.25, 0.3) is 0 Å². The largest absolute Gasteiger partial charge is 0.379 e. The second kappa shape index (κ2) is 10.7. The van der Waals surface area contributed by atoms with Gasteiger partial charge in [-0.25, -0.2) is 4.39 Å². The molecular formula is C19H30FN3OS. The van der Waals surface area contributed by atoms with Gasteiger partial charge in [0.25, 0.3) is 0 Å². The number of rotatable bonds is 8. The topological polar surface area (TPSA) is 27.7 Å². The van der Waals surface area contributed by atoms with Crippen molar-refractivity contribution < 1.29 is 9.13 Å². The van der Waals surface area contributed by atoms with Gasteiger partial charge in [-0.2, -0.15) is 0 Å². The molecule has 0 radical (unpaired) electrons. The van der Waals surface area contributed by atoms with Crippen LogP contribution in [0.5, 0.6) is 0 Å². The second-order valence-corrected chi connectivity index (χ2v) is 7.00. The van der Waals surface area contributed by atoms with E-state index in [2.05, 4.69) is 29.0 Å². The van der Waals surface area contributed by atoms with Crippen LogP contribution in [0.3, 0.4) is 0 Å². The van der Waals surface area contributed by atoms with Crippen LogP contribution in [0.2, 0.25) is 0 Å². The van der Waals surface area contributed by atoms with Gasteiger partial charge in [-0.15, -0.1) is 0 Å². The molecule has 0 saturated carbocycles. The predicted octanol–water partition coefficient (Wildman–Crippen LogP) is 3.02. The molecule has 1 unspecified atom stereocenters. The zero-order valence-corrected chi connectivity index (χ0v) is 16.2. The Bertz CT molecular complexity index is 537. The predicted molar refractivity (Wildman–Crippen MR) is 104 cm³/mol. The molecule has 1 saturated heterocycles. The van der Waals surface area contributed by atoms with E-state index in [1.54, 1.807) is 12.1 Å². The zero-order chi connectivity index (χ0) is 18.1. The number of halogens is 1. The van der Waals surface area contributed by atoms with Gasteiger partial charge in [0.2, 0.25) is 0 Å². The number of nitrogens with one attached hydrogen (secondary N) is 1. The minimum absolute atomic E-state index is 0.202. The van der Waals surface area contributed by atoms with Gasteiger partial charge in [0.15, 0.2) is 5.11 Å². The molecule has 0 spiro atoms. The van der Waals surface area contributed by atoms with Crippen molar-refractivity contribution in [3.05, 3.63) is 35.6 Å². The Morgan fingerprint density at radius 3 is 2.84 bits per heavy atom. The quantitative estimate of drug-likeness (QED) is 0.713. The summed E-state index contributed by atoms with van der Waals surface area (Å²) in [6.45, 7) is 10.4. The first-order chi connectivity index (χ1) is 12.1. The Balaban J connectivity index is 1.91. The fourth-order valence-electron chi connectivity index (χ4n) is 2.82. The van der Waals surface area contributed by atoms with Crippen LogP contribution in [0.15, 0.2) is 24.3 Å². The van der Waals surface area contributed by atoms with Gasteiger partial charge < -0.3 is 15.0 Å². The number of thiocarbonyl (C=S) groups is 1. The smallest absolute Gasteiger partial charge is 0.169 e. The first-order valence-corrected chi connectivity index (χ1v) is 9.59. The van der Waals surface area contributed by atoms with Crippen LogP contribution in [0, 0.1) is 5.82 Å². The molecule has 1 atom stereocenters. The molecule has 25 heavy (non-hydrogen) atoms. The Morgan fingerprint density at radius 2 is 2.16 bits per heavy atom. The number of hydrogen-bond donors (Lipinski definition) is 1. The number of nitrogens with zero attached hydrogens (tertiary/aromatic N) is 2. The average Bonchev–Trinajstić information content (AvgIpc) is 2.61. The SMILES string of the molecule is CCC(C)NC(=S)N(CCCN1CCOCC1)Cc1cccc(F)c1. The minimum atomic E-state index is -0.202. The zero-order valence-electron chi connectivity index (χ0n) is 15.3. The molecule has 1 aliphatic heterocycles. The average molecular weight is 368 g/mol. The molecule has 0 amide bonds. The van der Waals surface area contributed by atoms with E-state index in [0.29, 0.717) is 12.6 Å². The summed E-state index contributed by atoms with van der Waals surface area (Å²) in [5, 5.41) is 4.13. The van der Waals surface area contributed by atoms with E-state index in [1.807, 2.05) is 6.07 Å². The molecule has 1 aromatic rings. The second-order valence-electron chi connectivity index (χ2n) is 6.62. The van der Waals surface area contributed by atoms with E-state index in [-0.39, 0.29) is 5.82 Å². The standard InChI is InChI=1S/C19H30FN3OS/c1-3-16(2)21-19(25)23(15-17-6-4-7-18(20)14-17)9-5-8-22-10-12-24-13-11-22/h4,6-7,14,16H,3,5,8-13,15H2,1-2H3,(H,21,25). The van der Waals surface area contributed by atoms with Crippen LogP contribution in [0.1, 0.15) is 32.3 Å². The number of ether oxygens (including phenoxy) is 1. The molecule has 4 nitrogen and oxygen atoms in total. The van der Waals surface area contributed by atoms with Crippen LogP contribution in [-0.4, -0.2) is 60.3 Å². The highest BCUT2D eigenvalue weighted by atomic mass is 32.1. The fraction of sp³-hybridized carbons (Fsp3) is 0.632. The summed E-state index contributed by atoms with van der Waals surface area (Å²) in [5.41, 5.74) is 0.944. The number of benzene rings is 1. The molecule has 0 aromatic heterocycles. The van der Waals surface area contributed by atoms with E-state index in [9.17, 15) is 4.39 Å². The Morgan fingerprint density at radius 1 is 1.40 bits per heavy atom. The van der Waals surface area contributed by atoms with Crippen molar-refractivity contribution in [3.63, 3.8) is 0 Å². The Hall–Kier alpha value is -1.24. The lowest BCUT2D eigenvalue weighted by molar-refractivity contribution is 0.0367. The van der Waals surface area contributed by atoms with Crippen molar-refractivity contribution >= 4 is 17.3 Å². The van der Waals surface area contributed by atoms with E-state index in [1.165, 1.54) is 6.07 Å². The van der Waals surface area contributed by atoms with Crippen molar-refractivity contribution in [1.29, 1.82) is 0 Å². The highest BCUT2D eigenvalue weighted by Gasteiger charge is 2.14. The molecule has 0 bridgehead atoms. The highest BCUT2D eigenvalue weighted by Crippen LogP contribution is 2.10. The van der Waals surface area contributed by atoms with E-state index < -0.39 is 0 Å². The number of morpholine rings is 1. The van der Waals surface area contributed by atoms with Crippen LogP contribution < -0.4 is 5.32 Å². The minimum Gasteiger partial charge on any atom is -0.379 e. The van der Waals surface area contributed by atoms with Crippen LogP contribution >= 0.6 is 12.2 Å². The van der Waals surface area contributed by atoms with Crippen molar-refractivity contribution in [2.75, 3.05) is 39.4 Å². The third-order valence-corrected chi connectivity index (χ3v) is 4.91. The van der Waals surface area contributed by atoms with Gasteiger partial charge >= 0.3 is 0 Å². The third-order valence-electron chi connectivity index (χ3n) is 4.54. The lowest BCUT2D eigenvalue weighted by Crippen LogP contribution is -2.44. The first kappa shape index (κ1) is 20.1. The van der Waals surface area contributed by atoms with Crippen molar-refractivity contribution in [3.8, 4) is 0 Å². The molecule has 1 heterocycles. The lowest BCUT2D eigenvalue weighted by Gasteiger charge is -2.30. The Labute approximate surface area is 156 Å². The van der Waals surface area contributed by atoms with Crippen LogP contribution in [-0.2, 0) is 11.3 Å². The van der Waals surface area contributed by atoms with Gasteiger partial charge in [0, 0.05) is 38.8 Å². The van der Waals surface area contributed by atoms with Crippen molar-refractivity contribution in [1.82, 2.24) is 15.1 Å². The van der Waals surface area contributed by atoms with Gasteiger partial charge in [0.1, 0.15) is 5.82 Å². The fourth-order valence-corrected chi connectivity index (χ4v) is 3.18. The summed E-state index contributed by atoms with van der Waals surface area (Å²) >= 11 is 5.61. The maximum atomic E-state index is 13.5. The van der Waals surface area contributed by atoms with E-state index >= 15 is 0 Å². The van der Waals surface area contributed by atoms with Gasteiger partial charge in [-0.1, -0.05) is 19.1 Å². The van der Waals surface area contributed by atoms with E-state index in [4.69, 9.17) is 17.0 Å². The normalized spacial score (nSPS) is 16.4. The van der Waals surface area contributed by atoms with Crippen molar-refractivity contribution in [2.24, 2.45) is 0 Å². The summed E-state index contributed by atoms with van der Waals surface area (Å²) in [7, 11) is 0. The molecule has 140 valence electrons. The Kier molecular flexibility index (Phi) is 8.58. The third kappa shape index (κ3) is 7.26. The lowest BCUT2D eigenvalue weighted by atomic mass is 10.2. The van der Waals surface area contributed by atoms with Gasteiger partial charge in [-0.05, 0) is 49.7 Å². The van der Waals surface area contributed by atoms with Crippen LogP contribution in [0.4, 0.5) is 4.39 Å². The molecule has 1 aromatic carbocycles. The van der Waals surface area contributed by atoms with E-state index in [0.717, 1.165) is 62.9 Å². The molecule has 6 heteroatoms. The molecule has 1 aliphatic rings. The monoisotopic (exact) mass is 367 g/mol.